The van der Waals surface area contributed by atoms with Crippen molar-refractivity contribution in [1.82, 2.24) is 9.97 Å². The molecule has 0 fully saturated rings. The van der Waals surface area contributed by atoms with Crippen molar-refractivity contribution in [3.05, 3.63) is 72.6 Å². The van der Waals surface area contributed by atoms with E-state index < -0.39 is 0 Å². The van der Waals surface area contributed by atoms with Crippen LogP contribution in [0.3, 0.4) is 0 Å². The molecule has 0 aliphatic heterocycles. The van der Waals surface area contributed by atoms with Crippen molar-refractivity contribution in [2.45, 2.75) is 18.9 Å². The molecule has 3 aromatic heterocycles. The Morgan fingerprint density at radius 3 is 2.85 bits per heavy atom. The third-order valence-corrected chi connectivity index (χ3v) is 5.54. The Labute approximate surface area is 161 Å². The molecule has 3 heterocycles. The fourth-order valence-electron chi connectivity index (χ4n) is 3.08. The molecule has 4 rings (SSSR count). The number of amides is 1. The van der Waals surface area contributed by atoms with Crippen molar-refractivity contribution in [2.75, 3.05) is 5.32 Å². The van der Waals surface area contributed by atoms with Crippen molar-refractivity contribution < 1.29 is 4.79 Å². The van der Waals surface area contributed by atoms with Gasteiger partial charge in [0.15, 0.2) is 0 Å². The Kier molecular flexibility index (Phi) is 5.00. The van der Waals surface area contributed by atoms with Crippen molar-refractivity contribution in [3.8, 4) is 10.4 Å². The van der Waals surface area contributed by atoms with Gasteiger partial charge in [0.05, 0.1) is 5.00 Å². The molecule has 5 nitrogen and oxygen atoms in total. The van der Waals surface area contributed by atoms with Crippen LogP contribution in [0.1, 0.15) is 24.4 Å². The molecule has 1 atom stereocenters. The highest BCUT2D eigenvalue weighted by molar-refractivity contribution is 7.19. The number of nitrogens with one attached hydrogen (secondary N) is 2. The quantitative estimate of drug-likeness (QED) is 0.456. The van der Waals surface area contributed by atoms with E-state index in [0.717, 1.165) is 32.0 Å². The van der Waals surface area contributed by atoms with Crippen LogP contribution in [0.4, 0.5) is 5.00 Å². The van der Waals surface area contributed by atoms with Crippen molar-refractivity contribution in [1.29, 1.82) is 0 Å². The van der Waals surface area contributed by atoms with E-state index in [1.54, 1.807) is 17.5 Å². The smallest absolute Gasteiger partial charge is 0.225 e. The lowest BCUT2D eigenvalue weighted by Crippen LogP contribution is -2.16. The number of pyridine rings is 1. The number of nitrogens with zero attached hydrogens (tertiary/aromatic N) is 1. The van der Waals surface area contributed by atoms with E-state index in [1.165, 1.54) is 0 Å². The van der Waals surface area contributed by atoms with Crippen molar-refractivity contribution in [3.63, 3.8) is 0 Å². The van der Waals surface area contributed by atoms with Crippen LogP contribution < -0.4 is 11.1 Å². The van der Waals surface area contributed by atoms with Gasteiger partial charge < -0.3 is 16.0 Å². The van der Waals surface area contributed by atoms with E-state index in [1.807, 2.05) is 60.8 Å². The summed E-state index contributed by atoms with van der Waals surface area (Å²) in [6, 6.07) is 17.7. The Bertz CT molecular complexity index is 1050. The largest absolute Gasteiger partial charge is 0.346 e. The number of rotatable bonds is 6. The fraction of sp³-hybridized carbons (Fsp3) is 0.143. The highest BCUT2D eigenvalue weighted by atomic mass is 32.1. The summed E-state index contributed by atoms with van der Waals surface area (Å²) in [5.41, 5.74) is 9.20. The van der Waals surface area contributed by atoms with Crippen LogP contribution in [0.2, 0.25) is 0 Å². The molecule has 0 spiro atoms. The highest BCUT2D eigenvalue weighted by Crippen LogP contribution is 2.35. The maximum Gasteiger partial charge on any atom is 0.225 e. The number of benzene rings is 1. The first kappa shape index (κ1) is 17.5. The van der Waals surface area contributed by atoms with Crippen LogP contribution in [0.5, 0.6) is 0 Å². The Balaban J connectivity index is 1.39. The fourth-order valence-corrected chi connectivity index (χ4v) is 4.04. The van der Waals surface area contributed by atoms with Gasteiger partial charge in [-0.15, -0.1) is 11.3 Å². The van der Waals surface area contributed by atoms with Crippen LogP contribution in [0.25, 0.3) is 21.5 Å². The lowest BCUT2D eigenvalue weighted by Gasteiger charge is -2.11. The maximum absolute atomic E-state index is 12.3. The minimum absolute atomic E-state index is 0.0173. The Morgan fingerprint density at radius 2 is 2.00 bits per heavy atom. The van der Waals surface area contributed by atoms with Crippen molar-refractivity contribution >= 4 is 33.3 Å². The van der Waals surface area contributed by atoms with Gasteiger partial charge in [0, 0.05) is 40.7 Å². The number of hydrogen-bond acceptors (Lipinski definition) is 4. The van der Waals surface area contributed by atoms with E-state index in [9.17, 15) is 4.79 Å². The maximum atomic E-state index is 12.3. The molecule has 4 N–H and O–H groups in total. The lowest BCUT2D eigenvalue weighted by atomic mass is 10.0. The predicted octanol–water partition coefficient (Wildman–Crippen LogP) is 4.71. The van der Waals surface area contributed by atoms with Gasteiger partial charge >= 0.3 is 0 Å². The number of hydrogen-bond donors (Lipinski definition) is 3. The average Bonchev–Trinajstić information content (AvgIpc) is 3.36. The number of carbonyl (C=O) groups excluding carboxylic acids is 1. The number of carbonyl (C=O) groups is 1. The van der Waals surface area contributed by atoms with Gasteiger partial charge in [0.2, 0.25) is 5.91 Å². The Hall–Kier alpha value is -2.96. The predicted molar refractivity (Wildman–Crippen MR) is 111 cm³/mol. The van der Waals surface area contributed by atoms with Crippen LogP contribution in [0.15, 0.2) is 67.0 Å². The van der Waals surface area contributed by atoms with E-state index in [4.69, 9.17) is 5.73 Å². The van der Waals surface area contributed by atoms with Gasteiger partial charge in [-0.3, -0.25) is 4.79 Å². The molecule has 0 radical (unpaired) electrons. The second-order valence-corrected chi connectivity index (χ2v) is 7.45. The molecule has 0 bridgehead atoms. The van der Waals surface area contributed by atoms with Crippen LogP contribution in [-0.2, 0) is 4.79 Å². The number of fused-ring (bicyclic) bond motifs is 1. The molecule has 0 aliphatic rings. The molecule has 0 saturated heterocycles. The third kappa shape index (κ3) is 3.92. The first-order valence-electron chi connectivity index (χ1n) is 8.83. The zero-order valence-corrected chi connectivity index (χ0v) is 15.5. The monoisotopic (exact) mass is 376 g/mol. The van der Waals surface area contributed by atoms with Gasteiger partial charge in [-0.2, -0.15) is 0 Å². The summed E-state index contributed by atoms with van der Waals surface area (Å²) in [5.74, 6) is -0.0173. The second kappa shape index (κ2) is 7.73. The topological polar surface area (TPSA) is 83.8 Å². The zero-order valence-electron chi connectivity index (χ0n) is 14.7. The number of H-pyrrole nitrogens is 1. The number of thiophene rings is 1. The number of aromatic nitrogens is 2. The molecule has 27 heavy (non-hydrogen) atoms. The highest BCUT2D eigenvalue weighted by Gasteiger charge is 2.12. The molecule has 1 unspecified atom stereocenters. The third-order valence-electron chi connectivity index (χ3n) is 4.50. The minimum Gasteiger partial charge on any atom is -0.346 e. The number of nitrogens with two attached hydrogens (primary N) is 1. The summed E-state index contributed by atoms with van der Waals surface area (Å²) >= 11 is 1.56. The first-order valence-corrected chi connectivity index (χ1v) is 9.65. The molecule has 1 aromatic carbocycles. The average molecular weight is 376 g/mol. The van der Waals surface area contributed by atoms with Crippen LogP contribution in [-0.4, -0.2) is 15.9 Å². The van der Waals surface area contributed by atoms with Gasteiger partial charge in [0.1, 0.15) is 5.65 Å². The molecule has 0 aliphatic carbocycles. The minimum atomic E-state index is -0.130. The van der Waals surface area contributed by atoms with E-state index in [-0.39, 0.29) is 11.9 Å². The SMILES string of the molecule is NC(CCC(=O)Nc1ccc(-c2ccnc3[nH]ccc23)s1)c1ccccc1. The first-order chi connectivity index (χ1) is 13.2. The second-order valence-electron chi connectivity index (χ2n) is 6.37. The molecule has 136 valence electrons. The van der Waals surface area contributed by atoms with Gasteiger partial charge in [-0.05, 0) is 36.2 Å². The summed E-state index contributed by atoms with van der Waals surface area (Å²) in [7, 11) is 0. The molecule has 1 amide bonds. The number of aromatic amines is 1. The van der Waals surface area contributed by atoms with Crippen molar-refractivity contribution in [2.24, 2.45) is 5.73 Å². The van der Waals surface area contributed by atoms with E-state index >= 15 is 0 Å². The van der Waals surface area contributed by atoms with Gasteiger partial charge in [0.25, 0.3) is 0 Å². The molecule has 0 saturated carbocycles. The van der Waals surface area contributed by atoms with Crippen LogP contribution >= 0.6 is 11.3 Å². The number of anilines is 1. The molecule has 6 heteroatoms. The van der Waals surface area contributed by atoms with Gasteiger partial charge in [-0.1, -0.05) is 30.3 Å². The Morgan fingerprint density at radius 1 is 1.15 bits per heavy atom. The summed E-state index contributed by atoms with van der Waals surface area (Å²) in [4.78, 5) is 20.8. The molecular formula is C21H20N4OS. The molecule has 4 aromatic rings. The normalized spacial score (nSPS) is 12.2. The van der Waals surface area contributed by atoms with E-state index in [2.05, 4.69) is 15.3 Å². The summed E-state index contributed by atoms with van der Waals surface area (Å²) < 4.78 is 0. The van der Waals surface area contributed by atoms with Gasteiger partial charge in [-0.25, -0.2) is 4.98 Å². The lowest BCUT2D eigenvalue weighted by molar-refractivity contribution is -0.116. The van der Waals surface area contributed by atoms with Crippen LogP contribution in [0, 0.1) is 0 Å². The van der Waals surface area contributed by atoms with E-state index in [0.29, 0.717) is 12.8 Å². The standard InChI is InChI=1S/C21H20N4OS/c22-17(14-4-2-1-3-5-14)6-8-19(26)25-20-9-7-18(27-20)15-10-12-23-21-16(15)11-13-24-21/h1-5,7,9-13,17H,6,8,22H2,(H,23,24)(H,25,26). The summed E-state index contributed by atoms with van der Waals surface area (Å²) in [5, 5.41) is 4.89. The summed E-state index contributed by atoms with van der Waals surface area (Å²) in [6.45, 7) is 0. The zero-order chi connectivity index (χ0) is 18.6. The molecular weight excluding hydrogens is 356 g/mol. The summed E-state index contributed by atoms with van der Waals surface area (Å²) in [6.07, 6.45) is 4.67.